The molecular formula is C14H15NO2. The fraction of sp³-hybridized carbons (Fsp3) is 0.143. The topological polar surface area (TPSA) is 66.5 Å². The Balaban J connectivity index is 2.20. The van der Waals surface area contributed by atoms with Crippen molar-refractivity contribution in [2.45, 2.75) is 12.1 Å². The second-order valence-electron chi connectivity index (χ2n) is 3.97. The Labute approximate surface area is 100 Å². The van der Waals surface area contributed by atoms with Crippen LogP contribution in [0.4, 0.5) is 0 Å². The van der Waals surface area contributed by atoms with Crippen LogP contribution >= 0.6 is 0 Å². The lowest BCUT2D eigenvalue weighted by Crippen LogP contribution is -2.19. The number of aliphatic hydroxyl groups is 1. The van der Waals surface area contributed by atoms with Crippen molar-refractivity contribution in [2.24, 2.45) is 5.73 Å². The van der Waals surface area contributed by atoms with E-state index >= 15 is 0 Å². The van der Waals surface area contributed by atoms with Crippen LogP contribution in [-0.4, -0.2) is 10.2 Å². The second kappa shape index (κ2) is 4.99. The number of hydrogen-bond donors (Lipinski definition) is 3. The molecular weight excluding hydrogens is 214 g/mol. The Hall–Kier alpha value is -1.84. The van der Waals surface area contributed by atoms with Gasteiger partial charge in [-0.15, -0.1) is 0 Å². The highest BCUT2D eigenvalue weighted by atomic mass is 16.3. The first-order valence-corrected chi connectivity index (χ1v) is 5.46. The van der Waals surface area contributed by atoms with Crippen LogP contribution in [0, 0.1) is 0 Å². The van der Waals surface area contributed by atoms with Crippen LogP contribution in [0.2, 0.25) is 0 Å². The number of aromatic hydroxyl groups is 1. The van der Waals surface area contributed by atoms with Gasteiger partial charge in [-0.2, -0.15) is 0 Å². The van der Waals surface area contributed by atoms with E-state index in [1.807, 2.05) is 30.3 Å². The van der Waals surface area contributed by atoms with Crippen molar-refractivity contribution >= 4 is 0 Å². The zero-order chi connectivity index (χ0) is 12.3. The first-order valence-electron chi connectivity index (χ1n) is 5.46. The van der Waals surface area contributed by atoms with Gasteiger partial charge in [0, 0.05) is 0 Å². The lowest BCUT2D eigenvalue weighted by Gasteiger charge is -2.19. The predicted octanol–water partition coefficient (Wildman–Crippen LogP) is 2.13. The molecule has 0 radical (unpaired) electrons. The van der Waals surface area contributed by atoms with Crippen LogP contribution < -0.4 is 5.73 Å². The molecule has 3 heteroatoms. The van der Waals surface area contributed by atoms with E-state index in [2.05, 4.69) is 0 Å². The van der Waals surface area contributed by atoms with Gasteiger partial charge in [0.15, 0.2) is 0 Å². The van der Waals surface area contributed by atoms with Crippen LogP contribution in [0.15, 0.2) is 54.6 Å². The molecule has 0 amide bonds. The van der Waals surface area contributed by atoms with Gasteiger partial charge < -0.3 is 15.9 Å². The number of nitrogens with two attached hydrogens (primary N) is 1. The monoisotopic (exact) mass is 229 g/mol. The Morgan fingerprint density at radius 3 is 2.00 bits per heavy atom. The van der Waals surface area contributed by atoms with E-state index in [1.165, 1.54) is 12.1 Å². The van der Waals surface area contributed by atoms with Crippen LogP contribution in [0.3, 0.4) is 0 Å². The van der Waals surface area contributed by atoms with E-state index in [0.29, 0.717) is 5.56 Å². The fourth-order valence-corrected chi connectivity index (χ4v) is 1.74. The van der Waals surface area contributed by atoms with Gasteiger partial charge in [0.25, 0.3) is 0 Å². The number of benzene rings is 2. The molecule has 17 heavy (non-hydrogen) atoms. The van der Waals surface area contributed by atoms with Crippen LogP contribution in [0.25, 0.3) is 0 Å². The van der Waals surface area contributed by atoms with Gasteiger partial charge in [0.05, 0.1) is 12.1 Å². The first-order chi connectivity index (χ1) is 8.18. The van der Waals surface area contributed by atoms with E-state index in [0.717, 1.165) is 5.56 Å². The standard InChI is InChI=1S/C14H15NO2/c15-13(10-4-2-1-3-5-10)14(17)11-6-8-12(16)9-7-11/h1-9,13-14,16-17H,15H2/t13-,14-/m1/s1. The summed E-state index contributed by atoms with van der Waals surface area (Å²) >= 11 is 0. The number of phenolic OH excluding ortho intramolecular Hbond substituents is 1. The Kier molecular flexibility index (Phi) is 3.42. The average Bonchev–Trinajstić information content (AvgIpc) is 2.39. The molecule has 0 heterocycles. The highest BCUT2D eigenvalue weighted by molar-refractivity contribution is 5.30. The summed E-state index contributed by atoms with van der Waals surface area (Å²) in [4.78, 5) is 0. The highest BCUT2D eigenvalue weighted by Gasteiger charge is 2.18. The molecule has 2 aromatic carbocycles. The summed E-state index contributed by atoms with van der Waals surface area (Å²) in [5.41, 5.74) is 7.57. The molecule has 0 bridgehead atoms. The van der Waals surface area contributed by atoms with Gasteiger partial charge in [-0.1, -0.05) is 42.5 Å². The molecule has 0 saturated heterocycles. The summed E-state index contributed by atoms with van der Waals surface area (Å²) in [5.74, 6) is 0.175. The molecule has 0 saturated carbocycles. The van der Waals surface area contributed by atoms with Gasteiger partial charge in [-0.3, -0.25) is 0 Å². The molecule has 0 unspecified atom stereocenters. The molecule has 0 aromatic heterocycles. The Morgan fingerprint density at radius 2 is 1.41 bits per heavy atom. The number of hydrogen-bond acceptors (Lipinski definition) is 3. The molecule has 2 aromatic rings. The van der Waals surface area contributed by atoms with Crippen molar-refractivity contribution in [3.05, 3.63) is 65.7 Å². The number of rotatable bonds is 3. The summed E-state index contributed by atoms with van der Waals surface area (Å²) < 4.78 is 0. The predicted molar refractivity (Wildman–Crippen MR) is 66.4 cm³/mol. The van der Waals surface area contributed by atoms with Gasteiger partial charge in [-0.05, 0) is 23.3 Å². The zero-order valence-corrected chi connectivity index (χ0v) is 9.32. The highest BCUT2D eigenvalue weighted by Crippen LogP contribution is 2.27. The maximum absolute atomic E-state index is 10.1. The van der Waals surface area contributed by atoms with Gasteiger partial charge in [-0.25, -0.2) is 0 Å². The largest absolute Gasteiger partial charge is 0.508 e. The third-order valence-electron chi connectivity index (χ3n) is 2.76. The third-order valence-corrected chi connectivity index (χ3v) is 2.76. The fourth-order valence-electron chi connectivity index (χ4n) is 1.74. The lowest BCUT2D eigenvalue weighted by molar-refractivity contribution is 0.147. The van der Waals surface area contributed by atoms with Gasteiger partial charge in [0.2, 0.25) is 0 Å². The third kappa shape index (κ3) is 2.64. The van der Waals surface area contributed by atoms with E-state index < -0.39 is 12.1 Å². The normalized spacial score (nSPS) is 14.2. The Bertz CT molecular complexity index is 467. The van der Waals surface area contributed by atoms with Crippen LogP contribution in [-0.2, 0) is 0 Å². The van der Waals surface area contributed by atoms with Gasteiger partial charge in [0.1, 0.15) is 5.75 Å². The summed E-state index contributed by atoms with van der Waals surface area (Å²) in [7, 11) is 0. The van der Waals surface area contributed by atoms with E-state index in [-0.39, 0.29) is 5.75 Å². The summed E-state index contributed by atoms with van der Waals surface area (Å²) in [6.07, 6.45) is -0.780. The SMILES string of the molecule is N[C@H](c1ccccc1)[C@H](O)c1ccc(O)cc1. The smallest absolute Gasteiger partial charge is 0.115 e. The molecule has 4 N–H and O–H groups in total. The minimum Gasteiger partial charge on any atom is -0.508 e. The molecule has 0 aliphatic heterocycles. The van der Waals surface area contributed by atoms with E-state index in [4.69, 9.17) is 5.73 Å². The maximum Gasteiger partial charge on any atom is 0.115 e. The molecule has 2 atom stereocenters. The molecule has 88 valence electrons. The summed E-state index contributed by atoms with van der Waals surface area (Å²) in [5, 5.41) is 19.3. The molecule has 0 fully saturated rings. The second-order valence-corrected chi connectivity index (χ2v) is 3.97. The minimum atomic E-state index is -0.780. The lowest BCUT2D eigenvalue weighted by atomic mass is 9.97. The van der Waals surface area contributed by atoms with Crippen LogP contribution in [0.1, 0.15) is 23.3 Å². The van der Waals surface area contributed by atoms with Crippen molar-refractivity contribution in [3.63, 3.8) is 0 Å². The van der Waals surface area contributed by atoms with Crippen LogP contribution in [0.5, 0.6) is 5.75 Å². The molecule has 0 aliphatic carbocycles. The molecule has 2 rings (SSSR count). The molecule has 0 spiro atoms. The first kappa shape index (κ1) is 11.6. The molecule has 0 aliphatic rings. The average molecular weight is 229 g/mol. The van der Waals surface area contributed by atoms with E-state index in [9.17, 15) is 10.2 Å². The quantitative estimate of drug-likeness (QED) is 0.755. The van der Waals surface area contributed by atoms with Crippen molar-refractivity contribution < 1.29 is 10.2 Å². The number of aliphatic hydroxyl groups excluding tert-OH is 1. The van der Waals surface area contributed by atoms with Crippen molar-refractivity contribution in [1.82, 2.24) is 0 Å². The van der Waals surface area contributed by atoms with Gasteiger partial charge >= 0.3 is 0 Å². The molecule has 3 nitrogen and oxygen atoms in total. The van der Waals surface area contributed by atoms with Crippen molar-refractivity contribution in [1.29, 1.82) is 0 Å². The minimum absolute atomic E-state index is 0.175. The van der Waals surface area contributed by atoms with Crippen molar-refractivity contribution in [2.75, 3.05) is 0 Å². The number of phenols is 1. The Morgan fingerprint density at radius 1 is 0.824 bits per heavy atom. The summed E-state index contributed by atoms with van der Waals surface area (Å²) in [6, 6.07) is 15.4. The maximum atomic E-state index is 10.1. The van der Waals surface area contributed by atoms with E-state index in [1.54, 1.807) is 12.1 Å². The zero-order valence-electron chi connectivity index (χ0n) is 9.32. The summed E-state index contributed by atoms with van der Waals surface area (Å²) in [6.45, 7) is 0. The van der Waals surface area contributed by atoms with Crippen molar-refractivity contribution in [3.8, 4) is 5.75 Å².